The third-order valence-corrected chi connectivity index (χ3v) is 6.59. The monoisotopic (exact) mass is 513 g/mol. The summed E-state index contributed by atoms with van der Waals surface area (Å²) in [6.07, 6.45) is 2.35. The van der Waals surface area contributed by atoms with E-state index in [1.54, 1.807) is 11.2 Å². The molecule has 1 aromatic heterocycles. The number of aromatic nitrogens is 1. The molecule has 1 aliphatic heterocycles. The van der Waals surface area contributed by atoms with Gasteiger partial charge in [-0.05, 0) is 47.0 Å². The molecule has 2 heterocycles. The van der Waals surface area contributed by atoms with E-state index < -0.39 is 10.0 Å². The summed E-state index contributed by atoms with van der Waals surface area (Å²) >= 11 is 0. The molecule has 2 rings (SSSR count). The molecule has 0 radical (unpaired) electrons. The first-order chi connectivity index (χ1) is 12.4. The smallest absolute Gasteiger partial charge is 0.213 e. The predicted molar refractivity (Wildman–Crippen MR) is 118 cm³/mol. The number of piperidine rings is 1. The van der Waals surface area contributed by atoms with Crippen LogP contribution in [0.15, 0.2) is 9.52 Å². The summed E-state index contributed by atoms with van der Waals surface area (Å²) in [5.74, 6) is 1.79. The molecule has 0 amide bonds. The summed E-state index contributed by atoms with van der Waals surface area (Å²) in [4.78, 5) is 4.64. The molecule has 0 spiro atoms. The van der Waals surface area contributed by atoms with Crippen molar-refractivity contribution in [3.05, 3.63) is 17.0 Å². The molecule has 0 atom stereocenters. The molecule has 0 saturated carbocycles. The first kappa shape index (κ1) is 24.2. The van der Waals surface area contributed by atoms with Gasteiger partial charge in [-0.3, -0.25) is 4.99 Å². The van der Waals surface area contributed by atoms with Crippen molar-refractivity contribution in [1.82, 2.24) is 20.1 Å². The van der Waals surface area contributed by atoms with Gasteiger partial charge in [-0.1, -0.05) is 5.16 Å². The average Bonchev–Trinajstić information content (AvgIpc) is 2.94. The number of sulfonamides is 1. The van der Waals surface area contributed by atoms with Gasteiger partial charge in [-0.25, -0.2) is 12.7 Å². The lowest BCUT2D eigenvalue weighted by Crippen LogP contribution is -2.50. The van der Waals surface area contributed by atoms with Crippen LogP contribution in [0.2, 0.25) is 0 Å². The fourth-order valence-corrected chi connectivity index (χ4v) is 4.24. The Morgan fingerprint density at radius 1 is 1.30 bits per heavy atom. The van der Waals surface area contributed by atoms with Crippen molar-refractivity contribution in [1.29, 1.82) is 0 Å². The first-order valence-electron chi connectivity index (χ1n) is 9.31. The second kappa shape index (κ2) is 11.2. The summed E-state index contributed by atoms with van der Waals surface area (Å²) < 4.78 is 30.7. The number of aryl methyl sites for hydroxylation is 2. The van der Waals surface area contributed by atoms with Crippen molar-refractivity contribution in [2.75, 3.05) is 31.9 Å². The second-order valence-electron chi connectivity index (χ2n) is 6.53. The molecule has 1 aliphatic rings. The van der Waals surface area contributed by atoms with Gasteiger partial charge in [0.2, 0.25) is 10.0 Å². The summed E-state index contributed by atoms with van der Waals surface area (Å²) in [6.45, 7) is 10.1. The van der Waals surface area contributed by atoms with E-state index >= 15 is 0 Å². The maximum atomic E-state index is 12.0. The van der Waals surface area contributed by atoms with Crippen molar-refractivity contribution in [3.63, 3.8) is 0 Å². The van der Waals surface area contributed by atoms with Gasteiger partial charge in [-0.15, -0.1) is 24.0 Å². The van der Waals surface area contributed by atoms with E-state index in [0.717, 1.165) is 48.8 Å². The number of hydrogen-bond acceptors (Lipinski definition) is 5. The zero-order valence-electron chi connectivity index (χ0n) is 16.6. The lowest BCUT2D eigenvalue weighted by Gasteiger charge is -2.32. The van der Waals surface area contributed by atoms with Crippen LogP contribution in [0.1, 0.15) is 43.7 Å². The molecule has 27 heavy (non-hydrogen) atoms. The van der Waals surface area contributed by atoms with Crippen LogP contribution in [0.5, 0.6) is 0 Å². The van der Waals surface area contributed by atoms with Crippen molar-refractivity contribution < 1.29 is 12.9 Å². The summed E-state index contributed by atoms with van der Waals surface area (Å²) in [5, 5.41) is 10.7. The van der Waals surface area contributed by atoms with Crippen LogP contribution >= 0.6 is 24.0 Å². The van der Waals surface area contributed by atoms with Gasteiger partial charge in [0.1, 0.15) is 5.76 Å². The van der Waals surface area contributed by atoms with E-state index in [-0.39, 0.29) is 35.8 Å². The zero-order valence-corrected chi connectivity index (χ0v) is 19.8. The summed E-state index contributed by atoms with van der Waals surface area (Å²) in [5.41, 5.74) is 2.03. The van der Waals surface area contributed by atoms with Gasteiger partial charge < -0.3 is 15.2 Å². The largest absolute Gasteiger partial charge is 0.361 e. The van der Waals surface area contributed by atoms with Crippen LogP contribution in [-0.2, 0) is 16.4 Å². The van der Waals surface area contributed by atoms with Crippen molar-refractivity contribution >= 4 is 40.0 Å². The zero-order chi connectivity index (χ0) is 19.2. The minimum absolute atomic E-state index is 0. The van der Waals surface area contributed by atoms with Gasteiger partial charge in [0, 0.05) is 37.8 Å². The van der Waals surface area contributed by atoms with Crippen LogP contribution in [0.3, 0.4) is 0 Å². The molecule has 1 fully saturated rings. The molecule has 0 bridgehead atoms. The van der Waals surface area contributed by atoms with E-state index in [0.29, 0.717) is 19.6 Å². The van der Waals surface area contributed by atoms with E-state index in [4.69, 9.17) is 4.52 Å². The van der Waals surface area contributed by atoms with Crippen LogP contribution in [0, 0.1) is 13.8 Å². The Bertz CT molecular complexity index is 693. The maximum absolute atomic E-state index is 12.0. The number of guanidine groups is 1. The van der Waals surface area contributed by atoms with Gasteiger partial charge in [0.25, 0.3) is 0 Å². The Hall–Kier alpha value is -0.880. The van der Waals surface area contributed by atoms with Crippen LogP contribution in [-0.4, -0.2) is 61.8 Å². The lowest BCUT2D eigenvalue weighted by atomic mass is 10.1. The van der Waals surface area contributed by atoms with E-state index in [9.17, 15) is 8.42 Å². The van der Waals surface area contributed by atoms with Crippen molar-refractivity contribution in [2.24, 2.45) is 4.99 Å². The highest BCUT2D eigenvalue weighted by molar-refractivity contribution is 14.0. The van der Waals surface area contributed by atoms with Gasteiger partial charge in [-0.2, -0.15) is 0 Å². The van der Waals surface area contributed by atoms with E-state index in [1.807, 2.05) is 20.8 Å². The fourth-order valence-electron chi connectivity index (χ4n) is 3.11. The van der Waals surface area contributed by atoms with E-state index in [2.05, 4.69) is 20.8 Å². The Kier molecular flexibility index (Phi) is 10.0. The SMILES string of the molecule is CCNC(=NCCc1c(C)noc1C)NC1CCN(S(=O)(=O)CC)CC1.I. The van der Waals surface area contributed by atoms with Gasteiger partial charge >= 0.3 is 0 Å². The molecule has 156 valence electrons. The highest BCUT2D eigenvalue weighted by atomic mass is 127. The standard InChI is InChI=1S/C17H31N5O3S.HI/c1-5-18-17(19-10-7-16-13(3)21-25-14(16)4)20-15-8-11-22(12-9-15)26(23,24)6-2;/h15H,5-12H2,1-4H3,(H2,18,19,20);1H. The van der Waals surface area contributed by atoms with Crippen LogP contribution in [0.25, 0.3) is 0 Å². The molecule has 8 nitrogen and oxygen atoms in total. The first-order valence-corrected chi connectivity index (χ1v) is 10.9. The number of hydrogen-bond donors (Lipinski definition) is 2. The lowest BCUT2D eigenvalue weighted by molar-refractivity contribution is 0.306. The van der Waals surface area contributed by atoms with Gasteiger partial charge in [0.15, 0.2) is 5.96 Å². The summed E-state index contributed by atoms with van der Waals surface area (Å²) in [7, 11) is -3.09. The third kappa shape index (κ3) is 6.90. The highest BCUT2D eigenvalue weighted by Gasteiger charge is 2.27. The minimum Gasteiger partial charge on any atom is -0.361 e. The normalized spacial score (nSPS) is 16.8. The maximum Gasteiger partial charge on any atom is 0.213 e. The number of nitrogens with one attached hydrogen (secondary N) is 2. The second-order valence-corrected chi connectivity index (χ2v) is 8.79. The summed E-state index contributed by atoms with van der Waals surface area (Å²) in [6, 6.07) is 0.232. The molecule has 0 aliphatic carbocycles. The highest BCUT2D eigenvalue weighted by Crippen LogP contribution is 2.15. The Morgan fingerprint density at radius 2 is 1.96 bits per heavy atom. The van der Waals surface area contributed by atoms with E-state index in [1.165, 1.54) is 0 Å². The molecular formula is C17H32IN5O3S. The molecule has 0 unspecified atom stereocenters. The predicted octanol–water partition coefficient (Wildman–Crippen LogP) is 1.82. The molecule has 2 N–H and O–H groups in total. The van der Waals surface area contributed by atoms with Gasteiger partial charge in [0.05, 0.1) is 11.4 Å². The van der Waals surface area contributed by atoms with Crippen molar-refractivity contribution in [2.45, 2.75) is 53.0 Å². The number of halogens is 1. The molecule has 0 aromatic carbocycles. The number of rotatable bonds is 7. The molecule has 1 saturated heterocycles. The van der Waals surface area contributed by atoms with Crippen molar-refractivity contribution in [3.8, 4) is 0 Å². The number of nitrogens with zero attached hydrogens (tertiary/aromatic N) is 3. The average molecular weight is 513 g/mol. The third-order valence-electron chi connectivity index (χ3n) is 4.71. The Balaban J connectivity index is 0.00000364. The quantitative estimate of drug-likeness (QED) is 0.328. The van der Waals surface area contributed by atoms with Crippen LogP contribution < -0.4 is 10.6 Å². The number of aliphatic imine (C=N–C) groups is 1. The van der Waals surface area contributed by atoms with Crippen LogP contribution in [0.4, 0.5) is 0 Å². The molecule has 1 aromatic rings. The Labute approximate surface area is 179 Å². The minimum atomic E-state index is -3.09. The Morgan fingerprint density at radius 3 is 2.48 bits per heavy atom. The molecule has 10 heteroatoms. The fraction of sp³-hybridized carbons (Fsp3) is 0.765. The topological polar surface area (TPSA) is 99.8 Å². The molecular weight excluding hydrogens is 481 g/mol.